The lowest BCUT2D eigenvalue weighted by Gasteiger charge is -2.27. The van der Waals surface area contributed by atoms with Crippen molar-refractivity contribution in [3.05, 3.63) is 18.2 Å². The van der Waals surface area contributed by atoms with Gasteiger partial charge in [-0.15, -0.1) is 0 Å². The summed E-state index contributed by atoms with van der Waals surface area (Å²) in [4.78, 5) is 2.33. The van der Waals surface area contributed by atoms with Gasteiger partial charge in [0, 0.05) is 24.8 Å². The Hall–Kier alpha value is -1.38. The first-order valence-corrected chi connectivity index (χ1v) is 6.88. The molecule has 1 atom stereocenters. The minimum absolute atomic E-state index is 0.590. The molecule has 0 radical (unpaired) electrons. The summed E-state index contributed by atoms with van der Waals surface area (Å²) in [6.07, 6.45) is 3.72. The number of anilines is 2. The van der Waals surface area contributed by atoms with E-state index in [0.717, 1.165) is 30.4 Å². The van der Waals surface area contributed by atoms with Crippen LogP contribution in [0.5, 0.6) is 5.75 Å². The summed E-state index contributed by atoms with van der Waals surface area (Å²) in [7, 11) is 2.15. The first kappa shape index (κ1) is 13.1. The van der Waals surface area contributed by atoms with Gasteiger partial charge < -0.3 is 15.4 Å². The van der Waals surface area contributed by atoms with E-state index in [1.54, 1.807) is 0 Å². The number of nitrogens with two attached hydrogens (primary N) is 1. The molecule has 18 heavy (non-hydrogen) atoms. The molecule has 3 nitrogen and oxygen atoms in total. The number of ether oxygens (including phenoxy) is 1. The zero-order valence-electron chi connectivity index (χ0n) is 11.6. The zero-order valence-corrected chi connectivity index (χ0v) is 11.6. The summed E-state index contributed by atoms with van der Waals surface area (Å²) in [6, 6.07) is 6.67. The van der Waals surface area contributed by atoms with Gasteiger partial charge in [0.2, 0.25) is 0 Å². The summed E-state index contributed by atoms with van der Waals surface area (Å²) >= 11 is 0. The molecule has 100 valence electrons. The highest BCUT2D eigenvalue weighted by Crippen LogP contribution is 2.37. The summed E-state index contributed by atoms with van der Waals surface area (Å²) in [6.45, 7) is 5.11. The van der Waals surface area contributed by atoms with Crippen LogP contribution in [-0.4, -0.2) is 19.7 Å². The lowest BCUT2D eigenvalue weighted by Crippen LogP contribution is -2.30. The van der Waals surface area contributed by atoms with Crippen LogP contribution < -0.4 is 15.4 Å². The number of rotatable bonds is 6. The number of hydrogen-bond acceptors (Lipinski definition) is 3. The molecule has 0 saturated heterocycles. The molecule has 2 N–H and O–H groups in total. The van der Waals surface area contributed by atoms with E-state index < -0.39 is 0 Å². The first-order chi connectivity index (χ1) is 8.63. The van der Waals surface area contributed by atoms with Crippen LogP contribution in [0, 0.1) is 5.92 Å². The molecule has 3 heteroatoms. The summed E-state index contributed by atoms with van der Waals surface area (Å²) in [5.74, 6) is 1.66. The van der Waals surface area contributed by atoms with Crippen LogP contribution in [0.2, 0.25) is 0 Å². The normalized spacial score (nSPS) is 16.4. The smallest absolute Gasteiger partial charge is 0.144 e. The van der Waals surface area contributed by atoms with Crippen molar-refractivity contribution in [1.82, 2.24) is 0 Å². The average Bonchev–Trinajstić information content (AvgIpc) is 3.20. The van der Waals surface area contributed by atoms with Gasteiger partial charge in [-0.25, -0.2) is 0 Å². The van der Waals surface area contributed by atoms with Gasteiger partial charge in [-0.2, -0.15) is 0 Å². The van der Waals surface area contributed by atoms with E-state index in [1.165, 1.54) is 18.5 Å². The van der Waals surface area contributed by atoms with Crippen molar-refractivity contribution >= 4 is 11.4 Å². The number of hydrogen-bond donors (Lipinski definition) is 1. The van der Waals surface area contributed by atoms with Gasteiger partial charge in [-0.1, -0.05) is 6.92 Å². The Balaban J connectivity index is 2.11. The maximum Gasteiger partial charge on any atom is 0.144 e. The van der Waals surface area contributed by atoms with Crippen molar-refractivity contribution in [1.29, 1.82) is 0 Å². The minimum atomic E-state index is 0.590. The van der Waals surface area contributed by atoms with Crippen LogP contribution in [0.25, 0.3) is 0 Å². The Bertz CT molecular complexity index is 401. The molecule has 1 aliphatic rings. The summed E-state index contributed by atoms with van der Waals surface area (Å²) in [5, 5.41) is 0. The van der Waals surface area contributed by atoms with E-state index in [0.29, 0.717) is 6.04 Å². The Morgan fingerprint density at radius 3 is 2.78 bits per heavy atom. The van der Waals surface area contributed by atoms with Crippen molar-refractivity contribution in [3.63, 3.8) is 0 Å². The molecule has 0 aliphatic heterocycles. The molecule has 0 heterocycles. The fourth-order valence-electron chi connectivity index (χ4n) is 2.21. The van der Waals surface area contributed by atoms with Crippen LogP contribution in [0.4, 0.5) is 11.4 Å². The molecule has 1 fully saturated rings. The molecular formula is C15H24N2O. The number of nitrogen functional groups attached to an aromatic ring is 1. The second-order valence-corrected chi connectivity index (χ2v) is 5.26. The van der Waals surface area contributed by atoms with Gasteiger partial charge in [-0.05, 0) is 44.2 Å². The zero-order chi connectivity index (χ0) is 13.1. The fourth-order valence-corrected chi connectivity index (χ4v) is 2.21. The fraction of sp³-hybridized carbons (Fsp3) is 0.600. The molecule has 0 aromatic heterocycles. The SMILES string of the molecule is CCCOc1cc(N(C)C(C)C2CC2)ccc1N. The topological polar surface area (TPSA) is 38.5 Å². The second kappa shape index (κ2) is 5.51. The molecule has 0 amide bonds. The van der Waals surface area contributed by atoms with Crippen LogP contribution >= 0.6 is 0 Å². The monoisotopic (exact) mass is 248 g/mol. The van der Waals surface area contributed by atoms with Crippen molar-refractivity contribution < 1.29 is 4.74 Å². The third kappa shape index (κ3) is 2.89. The minimum Gasteiger partial charge on any atom is -0.491 e. The van der Waals surface area contributed by atoms with E-state index in [9.17, 15) is 0 Å². The predicted molar refractivity (Wildman–Crippen MR) is 77.2 cm³/mol. The third-order valence-electron chi connectivity index (χ3n) is 3.78. The van der Waals surface area contributed by atoms with E-state index in [-0.39, 0.29) is 0 Å². The lowest BCUT2D eigenvalue weighted by atomic mass is 10.1. The number of benzene rings is 1. The van der Waals surface area contributed by atoms with Gasteiger partial charge in [0.25, 0.3) is 0 Å². The van der Waals surface area contributed by atoms with Crippen molar-refractivity contribution in [2.75, 3.05) is 24.3 Å². The Morgan fingerprint density at radius 2 is 2.17 bits per heavy atom. The highest BCUT2D eigenvalue weighted by molar-refractivity contribution is 5.62. The molecule has 1 aromatic carbocycles. The largest absolute Gasteiger partial charge is 0.491 e. The first-order valence-electron chi connectivity index (χ1n) is 6.88. The lowest BCUT2D eigenvalue weighted by molar-refractivity contribution is 0.319. The second-order valence-electron chi connectivity index (χ2n) is 5.26. The van der Waals surface area contributed by atoms with Gasteiger partial charge >= 0.3 is 0 Å². The summed E-state index contributed by atoms with van der Waals surface area (Å²) in [5.41, 5.74) is 7.85. The molecule has 0 bridgehead atoms. The van der Waals surface area contributed by atoms with Crippen LogP contribution in [0.3, 0.4) is 0 Å². The van der Waals surface area contributed by atoms with Crippen LogP contribution in [0.1, 0.15) is 33.1 Å². The Kier molecular flexibility index (Phi) is 4.00. The Morgan fingerprint density at radius 1 is 1.44 bits per heavy atom. The predicted octanol–water partition coefficient (Wildman–Crippen LogP) is 3.29. The highest BCUT2D eigenvalue weighted by Gasteiger charge is 2.30. The molecule has 1 aliphatic carbocycles. The molecule has 2 rings (SSSR count). The average molecular weight is 248 g/mol. The highest BCUT2D eigenvalue weighted by atomic mass is 16.5. The van der Waals surface area contributed by atoms with Crippen molar-refractivity contribution in [2.45, 2.75) is 39.2 Å². The van der Waals surface area contributed by atoms with Gasteiger partial charge in [0.1, 0.15) is 5.75 Å². The maximum absolute atomic E-state index is 5.94. The molecule has 1 saturated carbocycles. The van der Waals surface area contributed by atoms with Gasteiger partial charge in [0.15, 0.2) is 0 Å². The third-order valence-corrected chi connectivity index (χ3v) is 3.78. The maximum atomic E-state index is 5.94. The van der Waals surface area contributed by atoms with Crippen molar-refractivity contribution in [3.8, 4) is 5.75 Å². The molecular weight excluding hydrogens is 224 g/mol. The van der Waals surface area contributed by atoms with Crippen LogP contribution in [-0.2, 0) is 0 Å². The molecule has 0 spiro atoms. The van der Waals surface area contributed by atoms with Gasteiger partial charge in [0.05, 0.1) is 12.3 Å². The quantitative estimate of drug-likeness (QED) is 0.785. The van der Waals surface area contributed by atoms with E-state index in [4.69, 9.17) is 10.5 Å². The van der Waals surface area contributed by atoms with Gasteiger partial charge in [-0.3, -0.25) is 0 Å². The number of nitrogens with zero attached hydrogens (tertiary/aromatic N) is 1. The molecule has 1 aromatic rings. The molecule has 1 unspecified atom stereocenters. The van der Waals surface area contributed by atoms with E-state index in [2.05, 4.69) is 37.9 Å². The van der Waals surface area contributed by atoms with E-state index in [1.807, 2.05) is 6.07 Å². The van der Waals surface area contributed by atoms with Crippen molar-refractivity contribution in [2.24, 2.45) is 5.92 Å². The van der Waals surface area contributed by atoms with Crippen LogP contribution in [0.15, 0.2) is 18.2 Å². The van der Waals surface area contributed by atoms with E-state index >= 15 is 0 Å². The standard InChI is InChI=1S/C15H24N2O/c1-4-9-18-15-10-13(7-8-14(15)16)17(3)11(2)12-5-6-12/h7-8,10-12H,4-6,9,16H2,1-3H3. The Labute approximate surface area is 110 Å². The summed E-state index contributed by atoms with van der Waals surface area (Å²) < 4.78 is 5.68.